The van der Waals surface area contributed by atoms with Gasteiger partial charge in [0.05, 0.1) is 6.04 Å². The SMILES string of the molecule is CCc1ccnc(NC(=O)c2ccc(-c3nc([C@@H]4CCCCN4C(=O)OC(C)(C)C)n(N)c3C(C)=O)cc2)c1. The summed E-state index contributed by atoms with van der Waals surface area (Å²) in [5.41, 5.74) is 2.13. The van der Waals surface area contributed by atoms with Gasteiger partial charge in [0.25, 0.3) is 5.91 Å². The van der Waals surface area contributed by atoms with Crippen molar-refractivity contribution in [2.75, 3.05) is 17.7 Å². The lowest BCUT2D eigenvalue weighted by Crippen LogP contribution is -2.43. The Bertz CT molecular complexity index is 1370. The third-order valence-corrected chi connectivity index (χ3v) is 6.60. The number of likely N-dealkylation sites (tertiary alicyclic amines) is 1. The lowest BCUT2D eigenvalue weighted by molar-refractivity contribution is 0.00821. The molecule has 3 heterocycles. The van der Waals surface area contributed by atoms with Crippen LogP contribution < -0.4 is 11.2 Å². The molecule has 1 fully saturated rings. The Hall–Kier alpha value is -4.21. The average molecular weight is 533 g/mol. The number of ether oxygens (including phenoxy) is 1. The Kier molecular flexibility index (Phi) is 8.03. The molecule has 0 spiro atoms. The Morgan fingerprint density at radius 1 is 1.13 bits per heavy atom. The number of nitrogens with zero attached hydrogens (tertiary/aromatic N) is 4. The summed E-state index contributed by atoms with van der Waals surface area (Å²) in [6.07, 6.45) is 4.45. The smallest absolute Gasteiger partial charge is 0.410 e. The fourth-order valence-electron chi connectivity index (χ4n) is 4.69. The molecule has 1 atom stereocenters. The number of nitrogen functional groups attached to an aromatic ring is 1. The number of carbonyl (C=O) groups is 3. The standard InChI is InChI=1S/C29H36N6O4/c1-6-19-14-15-31-23(17-19)32-27(37)21-12-10-20(11-13-21)24-25(18(2)36)35(30)26(33-24)22-9-7-8-16-34(22)28(38)39-29(3,4)5/h10-15,17,22H,6-9,16,30H2,1-5H3,(H,31,32,37)/t22-/m0/s1. The first-order valence-corrected chi connectivity index (χ1v) is 13.2. The summed E-state index contributed by atoms with van der Waals surface area (Å²) in [6, 6.07) is 10.1. The van der Waals surface area contributed by atoms with Crippen molar-refractivity contribution in [2.45, 2.75) is 71.9 Å². The molecule has 4 rings (SSSR count). The molecule has 0 unspecified atom stereocenters. The second-order valence-corrected chi connectivity index (χ2v) is 10.7. The molecule has 39 heavy (non-hydrogen) atoms. The van der Waals surface area contributed by atoms with Crippen LogP contribution in [-0.4, -0.2) is 49.5 Å². The van der Waals surface area contributed by atoms with E-state index in [1.54, 1.807) is 35.4 Å². The number of hydrogen-bond donors (Lipinski definition) is 2. The molecule has 10 nitrogen and oxygen atoms in total. The van der Waals surface area contributed by atoms with Crippen molar-refractivity contribution < 1.29 is 19.1 Å². The highest BCUT2D eigenvalue weighted by Crippen LogP contribution is 2.34. The Morgan fingerprint density at radius 2 is 1.85 bits per heavy atom. The van der Waals surface area contributed by atoms with E-state index in [1.165, 1.54) is 11.6 Å². The molecular formula is C29H36N6O4. The highest BCUT2D eigenvalue weighted by Gasteiger charge is 2.36. The largest absolute Gasteiger partial charge is 0.444 e. The molecule has 206 valence electrons. The number of ketones is 1. The van der Waals surface area contributed by atoms with E-state index in [0.717, 1.165) is 24.8 Å². The van der Waals surface area contributed by atoms with Crippen molar-refractivity contribution in [3.63, 3.8) is 0 Å². The van der Waals surface area contributed by atoms with Crippen LogP contribution in [0.4, 0.5) is 10.6 Å². The summed E-state index contributed by atoms with van der Waals surface area (Å²) in [5.74, 6) is 6.79. The van der Waals surface area contributed by atoms with Crippen molar-refractivity contribution in [3.8, 4) is 11.3 Å². The Labute approximate surface area is 228 Å². The Morgan fingerprint density at radius 3 is 2.49 bits per heavy atom. The van der Waals surface area contributed by atoms with E-state index in [0.29, 0.717) is 41.4 Å². The number of nitrogens with two attached hydrogens (primary N) is 1. The van der Waals surface area contributed by atoms with E-state index in [9.17, 15) is 14.4 Å². The maximum absolute atomic E-state index is 13.0. The highest BCUT2D eigenvalue weighted by molar-refractivity contribution is 6.04. The quantitative estimate of drug-likeness (QED) is 0.332. The summed E-state index contributed by atoms with van der Waals surface area (Å²) in [5, 5.41) is 2.82. The Balaban J connectivity index is 1.62. The number of aryl methyl sites for hydroxylation is 1. The maximum atomic E-state index is 13.0. The van der Waals surface area contributed by atoms with Crippen LogP contribution in [0.3, 0.4) is 0 Å². The van der Waals surface area contributed by atoms with Crippen molar-refractivity contribution in [1.82, 2.24) is 19.5 Å². The minimum Gasteiger partial charge on any atom is -0.444 e. The number of amides is 2. The van der Waals surface area contributed by atoms with Crippen molar-refractivity contribution in [1.29, 1.82) is 0 Å². The van der Waals surface area contributed by atoms with E-state index >= 15 is 0 Å². The summed E-state index contributed by atoms with van der Waals surface area (Å²) in [7, 11) is 0. The summed E-state index contributed by atoms with van der Waals surface area (Å²) >= 11 is 0. The molecule has 1 aliphatic rings. The van der Waals surface area contributed by atoms with Crippen molar-refractivity contribution >= 4 is 23.6 Å². The topological polar surface area (TPSA) is 132 Å². The van der Waals surface area contributed by atoms with E-state index in [4.69, 9.17) is 15.6 Å². The second-order valence-electron chi connectivity index (χ2n) is 10.7. The minimum atomic E-state index is -0.643. The molecule has 0 saturated carbocycles. The predicted octanol–water partition coefficient (Wildman–Crippen LogP) is 5.14. The molecule has 3 aromatic rings. The van der Waals surface area contributed by atoms with Gasteiger partial charge in [-0.2, -0.15) is 0 Å². The highest BCUT2D eigenvalue weighted by atomic mass is 16.6. The first-order valence-electron chi connectivity index (χ1n) is 13.2. The lowest BCUT2D eigenvalue weighted by atomic mass is 10.0. The number of carbonyl (C=O) groups excluding carboxylic acids is 3. The summed E-state index contributed by atoms with van der Waals surface area (Å²) in [4.78, 5) is 49.1. The summed E-state index contributed by atoms with van der Waals surface area (Å²) < 4.78 is 6.92. The van der Waals surface area contributed by atoms with Gasteiger partial charge in [-0.3, -0.25) is 14.5 Å². The number of aromatic nitrogens is 3. The van der Waals surface area contributed by atoms with E-state index in [1.807, 2.05) is 39.8 Å². The van der Waals surface area contributed by atoms with Gasteiger partial charge in [-0.25, -0.2) is 19.4 Å². The molecule has 2 aromatic heterocycles. The molecule has 1 aromatic carbocycles. The van der Waals surface area contributed by atoms with Gasteiger partial charge in [0, 0.05) is 30.8 Å². The number of imidazole rings is 1. The zero-order valence-corrected chi connectivity index (χ0v) is 23.2. The van der Waals surface area contributed by atoms with Crippen LogP contribution in [0.25, 0.3) is 11.3 Å². The predicted molar refractivity (Wildman–Crippen MR) is 149 cm³/mol. The van der Waals surface area contributed by atoms with Crippen LogP contribution in [0.15, 0.2) is 42.6 Å². The number of benzene rings is 1. The maximum Gasteiger partial charge on any atom is 0.410 e. The number of nitrogens with one attached hydrogen (secondary N) is 1. The number of pyridine rings is 1. The normalized spacial score (nSPS) is 15.6. The first-order chi connectivity index (χ1) is 18.5. The lowest BCUT2D eigenvalue weighted by Gasteiger charge is -2.36. The van der Waals surface area contributed by atoms with Gasteiger partial charge in [-0.05, 0) is 76.3 Å². The fraction of sp³-hybridized carbons (Fsp3) is 0.414. The molecule has 0 radical (unpaired) electrons. The van der Waals surface area contributed by atoms with Crippen LogP contribution in [0.5, 0.6) is 0 Å². The number of piperidine rings is 1. The zero-order chi connectivity index (χ0) is 28.3. The van der Waals surface area contributed by atoms with Gasteiger partial charge in [0.2, 0.25) is 0 Å². The third-order valence-electron chi connectivity index (χ3n) is 6.60. The molecule has 0 bridgehead atoms. The molecule has 2 amide bonds. The fourth-order valence-corrected chi connectivity index (χ4v) is 4.69. The van der Waals surface area contributed by atoms with Gasteiger partial charge in [0.15, 0.2) is 11.6 Å². The molecule has 1 aliphatic heterocycles. The first kappa shape index (κ1) is 27.8. The average Bonchev–Trinajstić information content (AvgIpc) is 3.25. The van der Waals surface area contributed by atoms with E-state index < -0.39 is 17.7 Å². The number of rotatable bonds is 6. The second kappa shape index (κ2) is 11.3. The molecule has 1 saturated heterocycles. The molecule has 0 aliphatic carbocycles. The van der Waals surface area contributed by atoms with Crippen molar-refractivity contribution in [3.05, 3.63) is 65.2 Å². The molecule has 3 N–H and O–H groups in total. The minimum absolute atomic E-state index is 0.234. The zero-order valence-electron chi connectivity index (χ0n) is 23.2. The van der Waals surface area contributed by atoms with E-state index in [-0.39, 0.29) is 17.4 Å². The third kappa shape index (κ3) is 6.27. The molecular weight excluding hydrogens is 496 g/mol. The van der Waals surface area contributed by atoms with Crippen molar-refractivity contribution in [2.24, 2.45) is 0 Å². The number of anilines is 1. The number of hydrogen-bond acceptors (Lipinski definition) is 7. The van der Waals surface area contributed by atoms with Crippen LogP contribution in [0.2, 0.25) is 0 Å². The van der Waals surface area contributed by atoms with Crippen LogP contribution in [0.1, 0.15) is 92.2 Å². The summed E-state index contributed by atoms with van der Waals surface area (Å²) in [6.45, 7) is 9.44. The van der Waals surface area contributed by atoms with Gasteiger partial charge in [-0.15, -0.1) is 0 Å². The van der Waals surface area contributed by atoms with Crippen LogP contribution >= 0.6 is 0 Å². The van der Waals surface area contributed by atoms with Gasteiger partial charge in [-0.1, -0.05) is 19.1 Å². The van der Waals surface area contributed by atoms with Gasteiger partial charge >= 0.3 is 6.09 Å². The van der Waals surface area contributed by atoms with Gasteiger partial charge in [0.1, 0.15) is 22.8 Å². The van der Waals surface area contributed by atoms with Gasteiger partial charge < -0.3 is 15.9 Å². The molecule has 10 heteroatoms. The van der Waals surface area contributed by atoms with Crippen LogP contribution in [0, 0.1) is 0 Å². The van der Waals surface area contributed by atoms with E-state index in [2.05, 4.69) is 10.3 Å². The number of Topliss-reactive ketones (excluding diaryl/α,β-unsaturated/α-hetero) is 1. The monoisotopic (exact) mass is 532 g/mol. The van der Waals surface area contributed by atoms with Crippen LogP contribution in [-0.2, 0) is 11.2 Å².